The van der Waals surface area contributed by atoms with Gasteiger partial charge in [-0.25, -0.2) is 9.97 Å². The lowest BCUT2D eigenvalue weighted by Gasteiger charge is -2.22. The van der Waals surface area contributed by atoms with Gasteiger partial charge in [0, 0.05) is 22.9 Å². The number of aromatic nitrogens is 2. The summed E-state index contributed by atoms with van der Waals surface area (Å²) in [6, 6.07) is 41.7. The summed E-state index contributed by atoms with van der Waals surface area (Å²) >= 11 is 0. The zero-order chi connectivity index (χ0) is 33.0. The van der Waals surface area contributed by atoms with Crippen LogP contribution in [0.1, 0.15) is 18.3 Å². The maximum atomic E-state index is 9.39. The molecule has 0 spiro atoms. The van der Waals surface area contributed by atoms with E-state index in [9.17, 15) is 10.5 Å². The number of nitriles is 2. The second-order valence-corrected chi connectivity index (χ2v) is 11.5. The van der Waals surface area contributed by atoms with Gasteiger partial charge in [-0.05, 0) is 87.2 Å². The molecule has 1 aliphatic heterocycles. The van der Waals surface area contributed by atoms with Crippen molar-refractivity contribution < 1.29 is 0 Å². The Bertz CT molecular complexity index is 2450. The van der Waals surface area contributed by atoms with E-state index in [2.05, 4.69) is 90.3 Å². The Hall–Kier alpha value is -6.76. The zero-order valence-electron chi connectivity index (χ0n) is 26.2. The van der Waals surface area contributed by atoms with E-state index in [1.54, 1.807) is 12.3 Å². The number of fused-ring (bicyclic) bond motifs is 2. The Morgan fingerprint density at radius 3 is 1.81 bits per heavy atom. The van der Waals surface area contributed by atoms with E-state index in [4.69, 9.17) is 15.7 Å². The van der Waals surface area contributed by atoms with Gasteiger partial charge < -0.3 is 11.1 Å². The van der Waals surface area contributed by atoms with E-state index < -0.39 is 0 Å². The molecule has 6 nitrogen and oxygen atoms in total. The molecule has 228 valence electrons. The van der Waals surface area contributed by atoms with Crippen molar-refractivity contribution in [2.45, 2.75) is 6.92 Å². The Morgan fingerprint density at radius 1 is 0.688 bits per heavy atom. The lowest BCUT2D eigenvalue weighted by atomic mass is 9.89. The molecule has 7 rings (SSSR count). The largest absolute Gasteiger partial charge is 0.686 e. The molecule has 6 aromatic rings. The molecule has 48 heavy (non-hydrogen) atoms. The van der Waals surface area contributed by atoms with Crippen LogP contribution < -0.4 is 5.73 Å². The molecular formula is C42H29N6-. The summed E-state index contributed by atoms with van der Waals surface area (Å²) in [5.41, 5.74) is 15.9. The Balaban J connectivity index is 1.33. The quantitative estimate of drug-likeness (QED) is 0.148. The summed E-state index contributed by atoms with van der Waals surface area (Å²) in [7, 11) is 0. The van der Waals surface area contributed by atoms with Crippen LogP contribution in [0.15, 0.2) is 145 Å². The van der Waals surface area contributed by atoms with E-state index in [1.165, 1.54) is 6.20 Å². The summed E-state index contributed by atoms with van der Waals surface area (Å²) in [5, 5.41) is 27.5. The molecule has 0 aliphatic carbocycles. The number of nitrogens with zero attached hydrogens (tertiary/aromatic N) is 5. The van der Waals surface area contributed by atoms with Gasteiger partial charge in [0.25, 0.3) is 0 Å². The molecule has 0 fully saturated rings. The summed E-state index contributed by atoms with van der Waals surface area (Å²) in [5.74, 6) is 0. The van der Waals surface area contributed by atoms with Crippen LogP contribution in [0.4, 0.5) is 0 Å². The number of nitrogens with two attached hydrogens (primary N) is 1. The molecule has 3 heterocycles. The standard InChI is InChI=1S/C42H29N6/c1-27(20-28(22-43)23-44)39-12-6-14-41(47-39)37-18-16-35(31-8-2-4-10-33(31)37)36-17-19-38(34-11-5-3-9-32(34)36)42-15-7-13-40(48-42)30-21-29(24-45)25-46-26-30/h2-22,26H,25,43H2,1H3/q-1/b27-20+,28-22+. The summed E-state index contributed by atoms with van der Waals surface area (Å²) < 4.78 is 0. The molecule has 0 atom stereocenters. The Labute approximate surface area is 279 Å². The van der Waals surface area contributed by atoms with Gasteiger partial charge in [-0.3, -0.25) is 0 Å². The molecule has 6 heteroatoms. The highest BCUT2D eigenvalue weighted by Gasteiger charge is 2.16. The van der Waals surface area contributed by atoms with Gasteiger partial charge >= 0.3 is 0 Å². The van der Waals surface area contributed by atoms with Crippen LogP contribution in [0, 0.1) is 22.7 Å². The van der Waals surface area contributed by atoms with Crippen molar-refractivity contribution in [1.29, 1.82) is 10.5 Å². The monoisotopic (exact) mass is 617 g/mol. The van der Waals surface area contributed by atoms with Crippen LogP contribution in [0.5, 0.6) is 0 Å². The number of benzene rings is 4. The normalized spacial score (nSPS) is 13.3. The fourth-order valence-electron chi connectivity index (χ4n) is 6.21. The third-order valence-electron chi connectivity index (χ3n) is 8.53. The highest BCUT2D eigenvalue weighted by Crippen LogP contribution is 2.40. The molecular weight excluding hydrogens is 589 g/mol. The predicted molar refractivity (Wildman–Crippen MR) is 195 cm³/mol. The van der Waals surface area contributed by atoms with Crippen molar-refractivity contribution in [3.63, 3.8) is 0 Å². The van der Waals surface area contributed by atoms with Gasteiger partial charge in [0.1, 0.15) is 6.07 Å². The number of rotatable bonds is 6. The third-order valence-corrected chi connectivity index (χ3v) is 8.53. The molecule has 0 saturated carbocycles. The molecule has 1 aliphatic rings. The first-order chi connectivity index (χ1) is 23.6. The second kappa shape index (κ2) is 12.9. The zero-order valence-corrected chi connectivity index (χ0v) is 26.2. The molecule has 0 bridgehead atoms. The molecule has 0 saturated heterocycles. The number of allylic oxidation sites excluding steroid dienone is 5. The number of pyridine rings is 2. The van der Waals surface area contributed by atoms with Crippen LogP contribution in [0.3, 0.4) is 0 Å². The number of hydrogen-bond donors (Lipinski definition) is 1. The van der Waals surface area contributed by atoms with E-state index >= 15 is 0 Å². The molecule has 4 aromatic carbocycles. The Kier molecular flexibility index (Phi) is 8.06. The second-order valence-electron chi connectivity index (χ2n) is 11.5. The SMILES string of the molecule is C/C(=C\C(C#N)=C/N)c1cccc(-c2ccc(-c3ccc(-c4cccc(C5=C[N-]CC(C#N)=C5)n4)c4ccccc34)c3ccccc23)n1. The average Bonchev–Trinajstić information content (AvgIpc) is 3.16. The highest BCUT2D eigenvalue weighted by atomic mass is 14.8. The minimum absolute atomic E-state index is 0.389. The highest BCUT2D eigenvalue weighted by molar-refractivity contribution is 6.11. The van der Waals surface area contributed by atoms with Gasteiger partial charge in [-0.2, -0.15) is 16.7 Å². The first kappa shape index (κ1) is 29.9. The van der Waals surface area contributed by atoms with Crippen LogP contribution in [0.2, 0.25) is 0 Å². The van der Waals surface area contributed by atoms with Crippen LogP contribution >= 0.6 is 0 Å². The maximum Gasteiger partial charge on any atom is 0.101 e. The van der Waals surface area contributed by atoms with E-state index in [0.717, 1.165) is 77.7 Å². The summed E-state index contributed by atoms with van der Waals surface area (Å²) in [4.78, 5) is 9.99. The minimum atomic E-state index is 0.389. The maximum absolute atomic E-state index is 9.39. The molecule has 0 amide bonds. The van der Waals surface area contributed by atoms with Crippen molar-refractivity contribution >= 4 is 32.7 Å². The van der Waals surface area contributed by atoms with Gasteiger partial charge in [0.2, 0.25) is 0 Å². The molecule has 0 unspecified atom stereocenters. The lowest BCUT2D eigenvalue weighted by molar-refractivity contribution is 1.25. The molecule has 2 aromatic heterocycles. The van der Waals surface area contributed by atoms with Crippen molar-refractivity contribution in [2.75, 3.05) is 6.54 Å². The average molecular weight is 618 g/mol. The topological polar surface area (TPSA) is 113 Å². The van der Waals surface area contributed by atoms with Gasteiger partial charge in [0.05, 0.1) is 34.4 Å². The minimum Gasteiger partial charge on any atom is -0.686 e. The predicted octanol–water partition coefficient (Wildman–Crippen LogP) is 9.73. The van der Waals surface area contributed by atoms with Crippen LogP contribution in [0.25, 0.3) is 71.6 Å². The third kappa shape index (κ3) is 5.60. The fraction of sp³-hybridized carbons (Fsp3) is 0.0476. The smallest absolute Gasteiger partial charge is 0.101 e. The lowest BCUT2D eigenvalue weighted by Crippen LogP contribution is -1.97. The van der Waals surface area contributed by atoms with Gasteiger partial charge in [-0.15, -0.1) is 0 Å². The summed E-state index contributed by atoms with van der Waals surface area (Å²) in [6.07, 6.45) is 6.70. The van der Waals surface area contributed by atoms with Crippen molar-refractivity contribution in [3.05, 3.63) is 162 Å². The van der Waals surface area contributed by atoms with Gasteiger partial charge in [-0.1, -0.05) is 91.5 Å². The van der Waals surface area contributed by atoms with E-state index in [-0.39, 0.29) is 0 Å². The van der Waals surface area contributed by atoms with Crippen LogP contribution in [-0.4, -0.2) is 16.5 Å². The summed E-state index contributed by atoms with van der Waals surface area (Å²) in [6.45, 7) is 2.33. The Morgan fingerprint density at radius 2 is 1.23 bits per heavy atom. The molecule has 0 radical (unpaired) electrons. The number of hydrogen-bond acceptors (Lipinski definition) is 5. The fourth-order valence-corrected chi connectivity index (χ4v) is 6.21. The first-order valence-electron chi connectivity index (χ1n) is 15.5. The van der Waals surface area contributed by atoms with Crippen molar-refractivity contribution in [2.24, 2.45) is 5.73 Å². The van der Waals surface area contributed by atoms with E-state index in [0.29, 0.717) is 17.7 Å². The van der Waals surface area contributed by atoms with Gasteiger partial charge in [0.15, 0.2) is 0 Å². The first-order valence-corrected chi connectivity index (χ1v) is 15.5. The van der Waals surface area contributed by atoms with Crippen molar-refractivity contribution in [1.82, 2.24) is 9.97 Å². The van der Waals surface area contributed by atoms with Crippen molar-refractivity contribution in [3.8, 4) is 45.8 Å². The molecule has 2 N–H and O–H groups in total. The van der Waals surface area contributed by atoms with E-state index in [1.807, 2.05) is 49.4 Å². The van der Waals surface area contributed by atoms with Crippen LogP contribution in [-0.2, 0) is 0 Å².